The van der Waals surface area contributed by atoms with Gasteiger partial charge >= 0.3 is 0 Å². The molecule has 0 aliphatic heterocycles. The number of amides is 2. The molecule has 3 aromatic rings. The Morgan fingerprint density at radius 1 is 0.872 bits per heavy atom. The fourth-order valence-corrected chi connectivity index (χ4v) is 5.36. The maximum Gasteiger partial charge on any atom is 0.264 e. The molecule has 0 radical (unpaired) electrons. The maximum atomic E-state index is 13.8. The lowest BCUT2D eigenvalue weighted by molar-refractivity contribution is -0.139. The number of sulfonamides is 1. The van der Waals surface area contributed by atoms with Gasteiger partial charge in [-0.25, -0.2) is 8.42 Å². The summed E-state index contributed by atoms with van der Waals surface area (Å²) in [4.78, 5) is 28.0. The van der Waals surface area contributed by atoms with Crippen molar-refractivity contribution in [1.29, 1.82) is 0 Å². The Labute approximate surface area is 230 Å². The molecule has 0 aromatic heterocycles. The maximum absolute atomic E-state index is 13.8. The van der Waals surface area contributed by atoms with Gasteiger partial charge in [-0.15, -0.1) is 0 Å². The normalized spacial score (nSPS) is 11.8. The number of methoxy groups -OCH3 is 2. The molecular weight excluding hydrogens is 518 g/mol. The fourth-order valence-electron chi connectivity index (χ4n) is 3.95. The molecule has 208 valence electrons. The van der Waals surface area contributed by atoms with Crippen molar-refractivity contribution in [3.8, 4) is 11.5 Å². The predicted octanol–water partition coefficient (Wildman–Crippen LogP) is 3.76. The molecule has 9 nitrogen and oxygen atoms in total. The summed E-state index contributed by atoms with van der Waals surface area (Å²) in [5.74, 6) is 0.305. The molecule has 39 heavy (non-hydrogen) atoms. The summed E-state index contributed by atoms with van der Waals surface area (Å²) in [5, 5.41) is 2.75. The minimum Gasteiger partial charge on any atom is -0.497 e. The third kappa shape index (κ3) is 7.29. The summed E-state index contributed by atoms with van der Waals surface area (Å²) in [6, 6.07) is 19.1. The zero-order valence-corrected chi connectivity index (χ0v) is 23.7. The van der Waals surface area contributed by atoms with E-state index >= 15 is 0 Å². The number of nitrogens with one attached hydrogen (secondary N) is 1. The van der Waals surface area contributed by atoms with E-state index in [-0.39, 0.29) is 17.3 Å². The molecular formula is C29H35N3O6S. The number of carbonyl (C=O) groups is 2. The van der Waals surface area contributed by atoms with Crippen LogP contribution in [0.25, 0.3) is 0 Å². The first-order valence-electron chi connectivity index (χ1n) is 12.5. The van der Waals surface area contributed by atoms with Crippen LogP contribution in [-0.4, -0.2) is 58.5 Å². The predicted molar refractivity (Wildman–Crippen MR) is 150 cm³/mol. The van der Waals surface area contributed by atoms with E-state index in [2.05, 4.69) is 5.32 Å². The van der Waals surface area contributed by atoms with E-state index in [1.807, 2.05) is 6.92 Å². The van der Waals surface area contributed by atoms with Gasteiger partial charge in [-0.05, 0) is 74.9 Å². The average Bonchev–Trinajstić information content (AvgIpc) is 2.95. The Bertz CT molecular complexity index is 1360. The number of carbonyl (C=O) groups excluding carboxylic acids is 2. The molecule has 0 bridgehead atoms. The molecule has 2 amide bonds. The van der Waals surface area contributed by atoms with Gasteiger partial charge in [0.25, 0.3) is 10.0 Å². The topological polar surface area (TPSA) is 105 Å². The zero-order valence-electron chi connectivity index (χ0n) is 22.9. The van der Waals surface area contributed by atoms with Gasteiger partial charge < -0.3 is 19.7 Å². The van der Waals surface area contributed by atoms with Gasteiger partial charge in [-0.2, -0.15) is 0 Å². The highest BCUT2D eigenvalue weighted by atomic mass is 32.2. The molecule has 0 aliphatic rings. The molecule has 0 saturated carbocycles. The average molecular weight is 554 g/mol. The number of anilines is 1. The summed E-state index contributed by atoms with van der Waals surface area (Å²) >= 11 is 0. The van der Waals surface area contributed by atoms with Crippen molar-refractivity contribution >= 4 is 27.5 Å². The molecule has 3 rings (SSSR count). The molecule has 0 heterocycles. The van der Waals surface area contributed by atoms with Crippen LogP contribution < -0.4 is 19.1 Å². The number of hydrogen-bond acceptors (Lipinski definition) is 6. The minimum absolute atomic E-state index is 0.00940. The molecule has 0 fully saturated rings. The largest absolute Gasteiger partial charge is 0.497 e. The third-order valence-corrected chi connectivity index (χ3v) is 8.07. The van der Waals surface area contributed by atoms with Crippen LogP contribution in [0.4, 0.5) is 5.69 Å². The van der Waals surface area contributed by atoms with Crippen molar-refractivity contribution < 1.29 is 27.5 Å². The number of rotatable bonds is 12. The van der Waals surface area contributed by atoms with Crippen LogP contribution in [0.3, 0.4) is 0 Å². The van der Waals surface area contributed by atoms with Crippen molar-refractivity contribution in [2.24, 2.45) is 0 Å². The molecule has 0 unspecified atom stereocenters. The van der Waals surface area contributed by atoms with Gasteiger partial charge in [-0.3, -0.25) is 13.9 Å². The Hall–Kier alpha value is -4.05. The Morgan fingerprint density at radius 2 is 1.41 bits per heavy atom. The fraction of sp³-hybridized carbons (Fsp3) is 0.310. The second kappa shape index (κ2) is 13.1. The molecule has 10 heteroatoms. The molecule has 0 spiro atoms. The van der Waals surface area contributed by atoms with Crippen LogP contribution in [0, 0.1) is 6.92 Å². The SMILES string of the molecule is CCNC(=O)[C@H](C)N(Cc1ccc(OC)cc1)C(=O)CN(c1ccc(C)cc1)S(=O)(=O)c1ccc(OC)cc1. The molecule has 0 aliphatic carbocycles. The summed E-state index contributed by atoms with van der Waals surface area (Å²) < 4.78 is 39.1. The third-order valence-electron chi connectivity index (χ3n) is 6.28. The second-order valence-electron chi connectivity index (χ2n) is 8.96. The second-order valence-corrected chi connectivity index (χ2v) is 10.8. The smallest absolute Gasteiger partial charge is 0.264 e. The number of benzene rings is 3. The van der Waals surface area contributed by atoms with Crippen molar-refractivity contribution in [3.63, 3.8) is 0 Å². The highest BCUT2D eigenvalue weighted by molar-refractivity contribution is 7.92. The molecule has 3 aromatic carbocycles. The van der Waals surface area contributed by atoms with Crippen LogP contribution in [0.1, 0.15) is 25.0 Å². The van der Waals surface area contributed by atoms with Crippen LogP contribution >= 0.6 is 0 Å². The standard InChI is InChI=1S/C29H35N3O6S/c1-6-30-29(34)22(3)31(19-23-9-13-25(37-4)14-10-23)28(33)20-32(24-11-7-21(2)8-12-24)39(35,36)27-17-15-26(38-5)16-18-27/h7-18,22H,6,19-20H2,1-5H3,(H,30,34)/t22-/m0/s1. The Morgan fingerprint density at radius 3 is 1.92 bits per heavy atom. The van der Waals surface area contributed by atoms with E-state index in [9.17, 15) is 18.0 Å². The van der Waals surface area contributed by atoms with Crippen LogP contribution in [0.5, 0.6) is 11.5 Å². The number of aryl methyl sites for hydroxylation is 1. The van der Waals surface area contributed by atoms with Crippen molar-refractivity contribution in [3.05, 3.63) is 83.9 Å². The van der Waals surface area contributed by atoms with Gasteiger partial charge in [-0.1, -0.05) is 29.8 Å². The van der Waals surface area contributed by atoms with Crippen LogP contribution in [0.2, 0.25) is 0 Å². The van der Waals surface area contributed by atoms with E-state index in [1.165, 1.54) is 24.1 Å². The van der Waals surface area contributed by atoms with E-state index in [1.54, 1.807) is 81.6 Å². The van der Waals surface area contributed by atoms with Crippen molar-refractivity contribution in [2.75, 3.05) is 31.6 Å². The lowest BCUT2D eigenvalue weighted by atomic mass is 10.1. The van der Waals surface area contributed by atoms with Crippen LogP contribution in [0.15, 0.2) is 77.7 Å². The van der Waals surface area contributed by atoms with Crippen molar-refractivity contribution in [1.82, 2.24) is 10.2 Å². The minimum atomic E-state index is -4.15. The Kier molecular flexibility index (Phi) is 9.95. The van der Waals surface area contributed by atoms with Gasteiger partial charge in [0.15, 0.2) is 0 Å². The van der Waals surface area contributed by atoms with Crippen molar-refractivity contribution in [2.45, 2.75) is 38.3 Å². The number of nitrogens with zero attached hydrogens (tertiary/aromatic N) is 2. The quantitative estimate of drug-likeness (QED) is 0.366. The van der Waals surface area contributed by atoms with Gasteiger partial charge in [0.05, 0.1) is 24.8 Å². The number of ether oxygens (including phenoxy) is 2. The lowest BCUT2D eigenvalue weighted by Gasteiger charge is -2.32. The highest BCUT2D eigenvalue weighted by Gasteiger charge is 2.32. The molecule has 1 N–H and O–H groups in total. The summed E-state index contributed by atoms with van der Waals surface area (Å²) in [6.07, 6.45) is 0. The van der Waals surface area contributed by atoms with Gasteiger partial charge in [0.2, 0.25) is 11.8 Å². The van der Waals surface area contributed by atoms with Crippen LogP contribution in [-0.2, 0) is 26.2 Å². The first kappa shape index (κ1) is 29.5. The van der Waals surface area contributed by atoms with E-state index < -0.39 is 28.5 Å². The summed E-state index contributed by atoms with van der Waals surface area (Å²) in [7, 11) is -1.09. The van der Waals surface area contributed by atoms with E-state index in [4.69, 9.17) is 9.47 Å². The highest BCUT2D eigenvalue weighted by Crippen LogP contribution is 2.26. The summed E-state index contributed by atoms with van der Waals surface area (Å²) in [5.41, 5.74) is 2.04. The summed E-state index contributed by atoms with van der Waals surface area (Å²) in [6.45, 7) is 5.31. The zero-order chi connectivity index (χ0) is 28.6. The lowest BCUT2D eigenvalue weighted by Crippen LogP contribution is -2.51. The number of hydrogen-bond donors (Lipinski definition) is 1. The first-order valence-corrected chi connectivity index (χ1v) is 14.0. The monoisotopic (exact) mass is 553 g/mol. The van der Waals surface area contributed by atoms with Gasteiger partial charge in [0, 0.05) is 13.1 Å². The number of likely N-dealkylation sites (N-methyl/N-ethyl adjacent to an activating group) is 1. The van der Waals surface area contributed by atoms with E-state index in [0.717, 1.165) is 15.4 Å². The van der Waals surface area contributed by atoms with E-state index in [0.29, 0.717) is 23.7 Å². The van der Waals surface area contributed by atoms with Gasteiger partial charge in [0.1, 0.15) is 24.1 Å². The Balaban J connectivity index is 2.01. The first-order chi connectivity index (χ1) is 18.6. The molecule has 1 atom stereocenters. The molecule has 0 saturated heterocycles.